The van der Waals surface area contributed by atoms with Crippen LogP contribution in [0.3, 0.4) is 0 Å². The van der Waals surface area contributed by atoms with E-state index in [2.05, 4.69) is 15.5 Å². The van der Waals surface area contributed by atoms with Gasteiger partial charge in [-0.25, -0.2) is 5.43 Å². The zero-order valence-electron chi connectivity index (χ0n) is 15.7. The number of carbonyl (C=O) groups is 1. The largest absolute Gasteiger partial charge is 0.495 e. The third kappa shape index (κ3) is 4.30. The van der Waals surface area contributed by atoms with Crippen molar-refractivity contribution in [1.82, 2.24) is 10.4 Å². The molecule has 0 atom stereocenters. The number of fused-ring (bicyclic) bond motifs is 1. The summed E-state index contributed by atoms with van der Waals surface area (Å²) in [6, 6.07) is 15.9. The minimum atomic E-state index is -0.309. The van der Waals surface area contributed by atoms with Crippen LogP contribution in [0.2, 0.25) is 0 Å². The van der Waals surface area contributed by atoms with Crippen LogP contribution in [0.1, 0.15) is 21.5 Å². The number of hydrogen-bond acceptors (Lipinski definition) is 5. The first-order chi connectivity index (χ1) is 14.2. The molecule has 1 amide bonds. The van der Waals surface area contributed by atoms with Crippen molar-refractivity contribution < 1.29 is 14.3 Å². The zero-order valence-corrected chi connectivity index (χ0v) is 16.5. The number of ether oxygens (including phenoxy) is 2. The van der Waals surface area contributed by atoms with E-state index < -0.39 is 0 Å². The van der Waals surface area contributed by atoms with E-state index in [1.165, 1.54) is 18.4 Å². The van der Waals surface area contributed by atoms with Gasteiger partial charge in [0.2, 0.25) is 0 Å². The van der Waals surface area contributed by atoms with Crippen LogP contribution in [-0.2, 0) is 6.61 Å². The van der Waals surface area contributed by atoms with Gasteiger partial charge >= 0.3 is 0 Å². The minimum absolute atomic E-state index is 0.309. The highest BCUT2D eigenvalue weighted by Gasteiger charge is 2.12. The second-order valence-electron chi connectivity index (χ2n) is 6.28. The van der Waals surface area contributed by atoms with Crippen LogP contribution in [0, 0.1) is 0 Å². The summed E-state index contributed by atoms with van der Waals surface area (Å²) in [5, 5.41) is 8.56. The molecule has 2 heterocycles. The van der Waals surface area contributed by atoms with Crippen LogP contribution < -0.4 is 14.9 Å². The van der Waals surface area contributed by atoms with E-state index >= 15 is 0 Å². The molecule has 0 aliphatic rings. The van der Waals surface area contributed by atoms with Gasteiger partial charge in [0, 0.05) is 39.5 Å². The topological polar surface area (TPSA) is 75.7 Å². The van der Waals surface area contributed by atoms with E-state index in [9.17, 15) is 4.79 Å². The lowest BCUT2D eigenvalue weighted by atomic mass is 10.2. The van der Waals surface area contributed by atoms with Gasteiger partial charge in [-0.1, -0.05) is 30.3 Å². The lowest BCUT2D eigenvalue weighted by Gasteiger charge is -2.06. The fraction of sp³-hybridized carbons (Fsp3) is 0.0909. The predicted octanol–water partition coefficient (Wildman–Crippen LogP) is 4.58. The maximum Gasteiger partial charge on any atom is 0.275 e. The van der Waals surface area contributed by atoms with Gasteiger partial charge < -0.3 is 14.5 Å². The van der Waals surface area contributed by atoms with Crippen molar-refractivity contribution in [1.29, 1.82) is 0 Å². The molecule has 0 unspecified atom stereocenters. The first-order valence-corrected chi connectivity index (χ1v) is 9.90. The van der Waals surface area contributed by atoms with Crippen LogP contribution in [0.4, 0.5) is 0 Å². The van der Waals surface area contributed by atoms with E-state index in [1.807, 2.05) is 54.7 Å². The standard InChI is InChI=1S/C22H19N3O3S/c1-27-21-14-29-13-19(21)22(26)25-24-11-16-10-23-20-9-17(7-8-18(16)20)28-12-15-5-3-2-4-6-15/h2-11,13-14,23H,12H2,1H3,(H,25,26)/b24-11+. The van der Waals surface area contributed by atoms with Gasteiger partial charge in [0.1, 0.15) is 18.1 Å². The molecule has 0 radical (unpaired) electrons. The molecule has 29 heavy (non-hydrogen) atoms. The molecule has 4 rings (SSSR count). The monoisotopic (exact) mass is 405 g/mol. The lowest BCUT2D eigenvalue weighted by molar-refractivity contribution is 0.0952. The first-order valence-electron chi connectivity index (χ1n) is 8.96. The van der Waals surface area contributed by atoms with E-state index in [4.69, 9.17) is 9.47 Å². The number of aromatic nitrogens is 1. The fourth-order valence-electron chi connectivity index (χ4n) is 2.89. The Bertz CT molecular complexity index is 1150. The maximum atomic E-state index is 12.2. The van der Waals surface area contributed by atoms with Gasteiger partial charge in [0.05, 0.1) is 18.9 Å². The highest BCUT2D eigenvalue weighted by Crippen LogP contribution is 2.24. The Morgan fingerprint density at radius 1 is 1.21 bits per heavy atom. The first kappa shape index (κ1) is 18.8. The van der Waals surface area contributed by atoms with Crippen molar-refractivity contribution in [3.05, 3.63) is 82.2 Å². The number of nitrogens with zero attached hydrogens (tertiary/aromatic N) is 1. The van der Waals surface area contributed by atoms with E-state index in [1.54, 1.807) is 17.0 Å². The zero-order chi connectivity index (χ0) is 20.1. The van der Waals surface area contributed by atoms with Crippen LogP contribution >= 0.6 is 11.3 Å². The summed E-state index contributed by atoms with van der Waals surface area (Å²) >= 11 is 1.40. The third-order valence-corrected chi connectivity index (χ3v) is 5.12. The number of rotatable bonds is 7. The van der Waals surface area contributed by atoms with Crippen molar-refractivity contribution >= 4 is 34.4 Å². The van der Waals surface area contributed by atoms with Crippen LogP contribution in [-0.4, -0.2) is 24.2 Å². The normalized spacial score (nSPS) is 11.1. The molecule has 6 nitrogen and oxygen atoms in total. The molecular formula is C22H19N3O3S. The summed E-state index contributed by atoms with van der Waals surface area (Å²) in [6.07, 6.45) is 3.45. The van der Waals surface area contributed by atoms with Crippen LogP contribution in [0.25, 0.3) is 10.9 Å². The van der Waals surface area contributed by atoms with Gasteiger partial charge in [-0.05, 0) is 17.7 Å². The number of H-pyrrole nitrogens is 1. The molecule has 2 N–H and O–H groups in total. The van der Waals surface area contributed by atoms with Gasteiger partial charge in [0.15, 0.2) is 0 Å². The second kappa shape index (κ2) is 8.62. The highest BCUT2D eigenvalue weighted by molar-refractivity contribution is 7.08. The quantitative estimate of drug-likeness (QED) is 0.349. The predicted molar refractivity (Wildman–Crippen MR) is 115 cm³/mol. The van der Waals surface area contributed by atoms with Gasteiger partial charge in [-0.3, -0.25) is 4.79 Å². The smallest absolute Gasteiger partial charge is 0.275 e. The summed E-state index contributed by atoms with van der Waals surface area (Å²) in [7, 11) is 1.53. The molecule has 146 valence electrons. The molecule has 0 saturated heterocycles. The number of carbonyl (C=O) groups excluding carboxylic acids is 1. The maximum absolute atomic E-state index is 12.2. The lowest BCUT2D eigenvalue weighted by Crippen LogP contribution is -2.17. The van der Waals surface area contributed by atoms with Crippen LogP contribution in [0.15, 0.2) is 70.6 Å². The molecule has 2 aromatic carbocycles. The highest BCUT2D eigenvalue weighted by atomic mass is 32.1. The Kier molecular flexibility index (Phi) is 5.58. The Morgan fingerprint density at radius 2 is 2.07 bits per heavy atom. The second-order valence-corrected chi connectivity index (χ2v) is 7.02. The van der Waals surface area contributed by atoms with E-state index in [-0.39, 0.29) is 5.91 Å². The van der Waals surface area contributed by atoms with E-state index in [0.29, 0.717) is 17.9 Å². The number of benzene rings is 2. The van der Waals surface area contributed by atoms with Gasteiger partial charge in [-0.2, -0.15) is 5.10 Å². The third-order valence-electron chi connectivity index (χ3n) is 4.39. The SMILES string of the molecule is COc1cscc1C(=O)N/N=C/c1c[nH]c2cc(OCc3ccccc3)ccc12. The van der Waals surface area contributed by atoms with Gasteiger partial charge in [0.25, 0.3) is 5.91 Å². The average Bonchev–Trinajstić information content (AvgIpc) is 3.39. The minimum Gasteiger partial charge on any atom is -0.495 e. The number of hydrogen-bond donors (Lipinski definition) is 2. The number of nitrogens with one attached hydrogen (secondary N) is 2. The Balaban J connectivity index is 1.42. The van der Waals surface area contributed by atoms with Crippen molar-refractivity contribution in [2.45, 2.75) is 6.61 Å². The number of aromatic amines is 1. The molecule has 0 aliphatic carbocycles. The molecule has 4 aromatic rings. The Morgan fingerprint density at radius 3 is 2.90 bits per heavy atom. The van der Waals surface area contributed by atoms with Crippen molar-refractivity contribution in [2.75, 3.05) is 7.11 Å². The summed E-state index contributed by atoms with van der Waals surface area (Å²) in [5.74, 6) is 1.01. The summed E-state index contributed by atoms with van der Waals surface area (Å²) in [4.78, 5) is 15.4. The van der Waals surface area contributed by atoms with Crippen molar-refractivity contribution in [2.24, 2.45) is 5.10 Å². The molecule has 0 fully saturated rings. The molecular weight excluding hydrogens is 386 g/mol. The average molecular weight is 405 g/mol. The van der Waals surface area contributed by atoms with Crippen LogP contribution in [0.5, 0.6) is 11.5 Å². The molecule has 0 bridgehead atoms. The fourth-order valence-corrected chi connectivity index (χ4v) is 3.67. The van der Waals surface area contributed by atoms with E-state index in [0.717, 1.165) is 27.8 Å². The Labute approximate surface area is 171 Å². The molecule has 0 aliphatic heterocycles. The number of thiophene rings is 1. The Hall–Kier alpha value is -3.58. The summed E-state index contributed by atoms with van der Waals surface area (Å²) < 4.78 is 11.0. The number of amides is 1. The van der Waals surface area contributed by atoms with Gasteiger partial charge in [-0.15, -0.1) is 11.3 Å². The van der Waals surface area contributed by atoms with Crippen molar-refractivity contribution in [3.63, 3.8) is 0 Å². The number of hydrazone groups is 1. The molecule has 7 heteroatoms. The molecule has 0 spiro atoms. The van der Waals surface area contributed by atoms with Crippen molar-refractivity contribution in [3.8, 4) is 11.5 Å². The number of methoxy groups -OCH3 is 1. The summed E-state index contributed by atoms with van der Waals surface area (Å²) in [5.41, 5.74) is 5.91. The molecule has 0 saturated carbocycles. The summed E-state index contributed by atoms with van der Waals surface area (Å²) in [6.45, 7) is 0.513. The molecule has 2 aromatic heterocycles.